The molecule has 2 fully saturated rings. The van der Waals surface area contributed by atoms with E-state index >= 15 is 0 Å². The number of carboxylic acid groups (broad SMARTS) is 1. The number of carbonyl (C=O) groups excluding carboxylic acids is 1. The summed E-state index contributed by atoms with van der Waals surface area (Å²) in [5, 5.41) is 6.89. The van der Waals surface area contributed by atoms with E-state index in [9.17, 15) is 13.6 Å². The van der Waals surface area contributed by atoms with Gasteiger partial charge in [0.1, 0.15) is 5.76 Å². The minimum atomic E-state index is -2.66. The van der Waals surface area contributed by atoms with Crippen molar-refractivity contribution in [3.63, 3.8) is 0 Å². The third-order valence-electron chi connectivity index (χ3n) is 6.01. The summed E-state index contributed by atoms with van der Waals surface area (Å²) in [5.41, 5.74) is 0.845. The van der Waals surface area contributed by atoms with Crippen molar-refractivity contribution in [1.82, 2.24) is 14.8 Å². The van der Waals surface area contributed by atoms with E-state index in [1.165, 1.54) is 37.0 Å². The molecule has 162 valence electrons. The van der Waals surface area contributed by atoms with Crippen LogP contribution in [-0.2, 0) is 17.8 Å². The van der Waals surface area contributed by atoms with E-state index in [2.05, 4.69) is 9.88 Å². The summed E-state index contributed by atoms with van der Waals surface area (Å²) in [4.78, 5) is 29.2. The highest BCUT2D eigenvalue weighted by molar-refractivity contribution is 5.89. The Hall–Kier alpha value is -2.03. The zero-order valence-electron chi connectivity index (χ0n) is 16.6. The maximum absolute atomic E-state index is 13.3. The number of fused-ring (bicyclic) bond motifs is 1. The number of hydrogen-bond acceptors (Lipinski definition) is 5. The molecule has 9 heteroatoms. The van der Waals surface area contributed by atoms with Gasteiger partial charge in [-0.05, 0) is 18.8 Å². The van der Waals surface area contributed by atoms with Crippen molar-refractivity contribution in [1.29, 1.82) is 0 Å². The zero-order valence-corrected chi connectivity index (χ0v) is 16.6. The summed E-state index contributed by atoms with van der Waals surface area (Å²) in [5.74, 6) is -1.39. The molecule has 0 radical (unpaired) electrons. The van der Waals surface area contributed by atoms with Crippen LogP contribution in [0, 0.1) is 5.92 Å². The first-order valence-corrected chi connectivity index (χ1v) is 10.4. The second-order valence-corrected chi connectivity index (χ2v) is 8.13. The highest BCUT2D eigenvalue weighted by atomic mass is 19.3. The standard InChI is InChI=1S/C19H27F2N3O2.CH2O2/c20-19(21)7-10-24(11-8-19)18(25)17-22-15-13-23(9-6-16(15)26-17)12-14-4-2-1-3-5-14;2-1-3/h14H,1-13H2;1H,(H,2,3). The Morgan fingerprint density at radius 3 is 2.52 bits per heavy atom. The van der Waals surface area contributed by atoms with Crippen LogP contribution in [0.15, 0.2) is 4.42 Å². The summed E-state index contributed by atoms with van der Waals surface area (Å²) in [6.45, 7) is 2.62. The lowest BCUT2D eigenvalue weighted by molar-refractivity contribution is -0.122. The predicted molar refractivity (Wildman–Crippen MR) is 101 cm³/mol. The van der Waals surface area contributed by atoms with Gasteiger partial charge in [-0.15, -0.1) is 0 Å². The summed E-state index contributed by atoms with van der Waals surface area (Å²) in [6, 6.07) is 0. The van der Waals surface area contributed by atoms with Crippen LogP contribution >= 0.6 is 0 Å². The second kappa shape index (κ2) is 9.65. The number of halogens is 2. The number of hydrogen-bond donors (Lipinski definition) is 1. The fourth-order valence-corrected chi connectivity index (χ4v) is 4.41. The SMILES string of the molecule is O=C(c1nc2c(o1)CCN(CC1CCCCC1)C2)N1CCC(F)(F)CC1.O=CO. The largest absolute Gasteiger partial charge is 0.483 e. The van der Waals surface area contributed by atoms with Gasteiger partial charge in [-0.3, -0.25) is 14.5 Å². The Kier molecular flexibility index (Phi) is 7.21. The zero-order chi connectivity index (χ0) is 20.9. The number of rotatable bonds is 3. The van der Waals surface area contributed by atoms with Gasteiger partial charge in [0.05, 0.1) is 5.69 Å². The van der Waals surface area contributed by atoms with Gasteiger partial charge in [0.25, 0.3) is 18.3 Å². The molecule has 3 heterocycles. The first-order valence-electron chi connectivity index (χ1n) is 10.4. The Morgan fingerprint density at radius 1 is 1.21 bits per heavy atom. The van der Waals surface area contributed by atoms with E-state index in [1.807, 2.05) is 0 Å². The Morgan fingerprint density at radius 2 is 1.86 bits per heavy atom. The lowest BCUT2D eigenvalue weighted by Crippen LogP contribution is -2.42. The van der Waals surface area contributed by atoms with Gasteiger partial charge in [-0.2, -0.15) is 0 Å². The molecule has 7 nitrogen and oxygen atoms in total. The molecule has 0 atom stereocenters. The monoisotopic (exact) mass is 413 g/mol. The third kappa shape index (κ3) is 5.74. The number of carbonyl (C=O) groups is 2. The Labute approximate surface area is 169 Å². The van der Waals surface area contributed by atoms with E-state index in [4.69, 9.17) is 14.3 Å². The van der Waals surface area contributed by atoms with Gasteiger partial charge in [-0.1, -0.05) is 19.3 Å². The van der Waals surface area contributed by atoms with Gasteiger partial charge >= 0.3 is 5.91 Å². The molecule has 0 bridgehead atoms. The molecule has 29 heavy (non-hydrogen) atoms. The summed E-state index contributed by atoms with van der Waals surface area (Å²) in [6.07, 6.45) is 6.85. The van der Waals surface area contributed by atoms with E-state index in [1.54, 1.807) is 0 Å². The van der Waals surface area contributed by atoms with Gasteiger partial charge < -0.3 is 14.4 Å². The number of amides is 1. The highest BCUT2D eigenvalue weighted by Crippen LogP contribution is 2.30. The molecule has 1 aromatic heterocycles. The fraction of sp³-hybridized carbons (Fsp3) is 0.750. The molecule has 1 aromatic rings. The molecule has 1 amide bonds. The quantitative estimate of drug-likeness (QED) is 0.766. The fourth-order valence-electron chi connectivity index (χ4n) is 4.41. The highest BCUT2D eigenvalue weighted by Gasteiger charge is 2.37. The van der Waals surface area contributed by atoms with Gasteiger partial charge in [-0.25, -0.2) is 13.8 Å². The van der Waals surface area contributed by atoms with Crippen molar-refractivity contribution in [2.45, 2.75) is 63.8 Å². The first-order chi connectivity index (χ1) is 13.9. The topological polar surface area (TPSA) is 86.9 Å². The average molecular weight is 413 g/mol. The van der Waals surface area contributed by atoms with Crippen molar-refractivity contribution in [2.24, 2.45) is 5.92 Å². The van der Waals surface area contributed by atoms with Crippen molar-refractivity contribution in [3.05, 3.63) is 17.3 Å². The average Bonchev–Trinajstić information content (AvgIpc) is 3.12. The van der Waals surface area contributed by atoms with Crippen LogP contribution in [0.3, 0.4) is 0 Å². The second-order valence-electron chi connectivity index (χ2n) is 8.13. The molecule has 0 spiro atoms. The van der Waals surface area contributed by atoms with Gasteiger partial charge in [0.2, 0.25) is 0 Å². The van der Waals surface area contributed by atoms with Crippen LogP contribution in [0.4, 0.5) is 8.78 Å². The number of alkyl halides is 2. The van der Waals surface area contributed by atoms with E-state index in [0.29, 0.717) is 0 Å². The van der Waals surface area contributed by atoms with E-state index in [-0.39, 0.29) is 44.2 Å². The number of oxazole rings is 1. The normalized spacial score (nSPS) is 22.3. The molecule has 0 aromatic carbocycles. The van der Waals surface area contributed by atoms with E-state index < -0.39 is 5.92 Å². The van der Waals surface area contributed by atoms with E-state index in [0.717, 1.165) is 43.4 Å². The van der Waals surface area contributed by atoms with Crippen LogP contribution in [0.1, 0.15) is 67.1 Å². The molecule has 3 aliphatic rings. The molecule has 1 aliphatic carbocycles. The molecular weight excluding hydrogens is 384 g/mol. The molecule has 1 N–H and O–H groups in total. The van der Waals surface area contributed by atoms with Crippen LogP contribution < -0.4 is 0 Å². The summed E-state index contributed by atoms with van der Waals surface area (Å²) < 4.78 is 32.3. The predicted octanol–water partition coefficient (Wildman–Crippen LogP) is 3.19. The lowest BCUT2D eigenvalue weighted by Gasteiger charge is -2.31. The summed E-state index contributed by atoms with van der Waals surface area (Å²) in [7, 11) is 0. The van der Waals surface area contributed by atoms with Crippen molar-refractivity contribution < 1.29 is 27.9 Å². The maximum Gasteiger partial charge on any atom is 0.309 e. The van der Waals surface area contributed by atoms with Crippen LogP contribution in [0.25, 0.3) is 0 Å². The van der Waals surface area contributed by atoms with Crippen LogP contribution in [0.5, 0.6) is 0 Å². The molecule has 1 saturated carbocycles. The summed E-state index contributed by atoms with van der Waals surface area (Å²) >= 11 is 0. The Bertz CT molecular complexity index is 694. The number of nitrogens with zero attached hydrogens (tertiary/aromatic N) is 3. The van der Waals surface area contributed by atoms with Crippen molar-refractivity contribution in [3.8, 4) is 0 Å². The number of aromatic nitrogens is 1. The smallest absolute Gasteiger partial charge is 0.309 e. The lowest BCUT2D eigenvalue weighted by atomic mass is 9.88. The van der Waals surface area contributed by atoms with Crippen LogP contribution in [0.2, 0.25) is 0 Å². The van der Waals surface area contributed by atoms with Gasteiger partial charge in [0, 0.05) is 52.0 Å². The minimum Gasteiger partial charge on any atom is -0.483 e. The van der Waals surface area contributed by atoms with Crippen molar-refractivity contribution >= 4 is 12.4 Å². The molecule has 2 aliphatic heterocycles. The molecule has 1 saturated heterocycles. The minimum absolute atomic E-state index is 0.0622. The molecular formula is C20H29F2N3O4. The number of likely N-dealkylation sites (tertiary alicyclic amines) is 1. The Balaban J connectivity index is 0.000000755. The van der Waals surface area contributed by atoms with Crippen LogP contribution in [-0.4, -0.2) is 64.4 Å². The third-order valence-corrected chi connectivity index (χ3v) is 6.01. The van der Waals surface area contributed by atoms with Crippen molar-refractivity contribution in [2.75, 3.05) is 26.2 Å². The number of piperidine rings is 1. The maximum atomic E-state index is 13.3. The first kappa shape index (κ1) is 21.7. The van der Waals surface area contributed by atoms with Gasteiger partial charge in [0.15, 0.2) is 0 Å². The molecule has 0 unspecified atom stereocenters. The molecule has 4 rings (SSSR count).